The minimum atomic E-state index is -3.77. The van der Waals surface area contributed by atoms with Crippen LogP contribution in [-0.2, 0) is 10.0 Å². The molecule has 0 radical (unpaired) electrons. The Morgan fingerprint density at radius 3 is 2.39 bits per heavy atom. The van der Waals surface area contributed by atoms with E-state index in [-0.39, 0.29) is 33.7 Å². The van der Waals surface area contributed by atoms with Crippen molar-refractivity contribution in [2.45, 2.75) is 31.4 Å². The van der Waals surface area contributed by atoms with E-state index in [1.807, 2.05) is 0 Å². The van der Waals surface area contributed by atoms with Crippen LogP contribution in [0, 0.1) is 0 Å². The number of carbonyl (C=O) groups excluding carboxylic acids is 1. The number of hydrogen-bond acceptors (Lipinski definition) is 5. The van der Waals surface area contributed by atoms with Gasteiger partial charge in [0.05, 0.1) is 12.0 Å². The number of carbonyl (C=O) groups is 1. The smallest absolute Gasteiger partial charge is 0.387 e. The van der Waals surface area contributed by atoms with Crippen LogP contribution in [0.3, 0.4) is 0 Å². The van der Waals surface area contributed by atoms with Gasteiger partial charge in [-0.05, 0) is 44.2 Å². The molecule has 0 atom stereocenters. The highest BCUT2D eigenvalue weighted by Gasteiger charge is 2.18. The first-order valence-electron chi connectivity index (χ1n) is 8.19. The van der Waals surface area contributed by atoms with Crippen LogP contribution >= 0.6 is 0 Å². The van der Waals surface area contributed by atoms with Crippen molar-refractivity contribution in [3.05, 3.63) is 48.0 Å². The van der Waals surface area contributed by atoms with Crippen LogP contribution in [0.4, 0.5) is 14.5 Å². The molecule has 0 bridgehead atoms. The van der Waals surface area contributed by atoms with E-state index < -0.39 is 22.5 Å². The quantitative estimate of drug-likeness (QED) is 0.692. The molecule has 0 saturated carbocycles. The maximum atomic E-state index is 12.5. The molecular weight excluding hydrogens is 394 g/mol. The number of benzene rings is 2. The monoisotopic (exact) mass is 414 g/mol. The third-order valence-electron chi connectivity index (χ3n) is 3.43. The average molecular weight is 414 g/mol. The maximum Gasteiger partial charge on any atom is 0.387 e. The highest BCUT2D eigenvalue weighted by Crippen LogP contribution is 2.31. The fraction of sp³-hybridized carbons (Fsp3) is 0.278. The molecule has 0 heterocycles. The molecule has 2 rings (SSSR count). The van der Waals surface area contributed by atoms with Crippen LogP contribution < -0.4 is 19.5 Å². The predicted octanol–water partition coefficient (Wildman–Crippen LogP) is 3.24. The lowest BCUT2D eigenvalue weighted by atomic mass is 10.2. The number of rotatable bonds is 8. The molecular formula is C18H20F2N2O5S. The van der Waals surface area contributed by atoms with Gasteiger partial charge in [-0.25, -0.2) is 13.1 Å². The van der Waals surface area contributed by atoms with Gasteiger partial charge in [-0.3, -0.25) is 4.79 Å². The first kappa shape index (κ1) is 21.6. The molecule has 0 spiro atoms. The van der Waals surface area contributed by atoms with Crippen LogP contribution in [0.1, 0.15) is 24.2 Å². The standard InChI is InChI=1S/C18H20F2N2O5S/c1-11(2)22-28(24,25)14-6-4-5-12(9-14)17(23)21-13-7-8-15(26-3)16(10-13)27-18(19)20/h4-11,18,22H,1-3H3,(H,21,23). The number of halogens is 2. The number of methoxy groups -OCH3 is 1. The summed E-state index contributed by atoms with van der Waals surface area (Å²) in [5.41, 5.74) is 0.258. The van der Waals surface area contributed by atoms with E-state index >= 15 is 0 Å². The number of alkyl halides is 2. The van der Waals surface area contributed by atoms with E-state index in [1.54, 1.807) is 13.8 Å². The normalized spacial score (nSPS) is 11.5. The molecule has 0 aliphatic heterocycles. The summed E-state index contributed by atoms with van der Waals surface area (Å²) in [7, 11) is -2.47. The number of sulfonamides is 1. The summed E-state index contributed by atoms with van der Waals surface area (Å²) in [6, 6.07) is 9.13. The molecule has 0 unspecified atom stereocenters. The second-order valence-electron chi connectivity index (χ2n) is 6.00. The summed E-state index contributed by atoms with van der Waals surface area (Å²) in [4.78, 5) is 12.4. The van der Waals surface area contributed by atoms with E-state index in [0.29, 0.717) is 0 Å². The van der Waals surface area contributed by atoms with Crippen LogP contribution in [-0.4, -0.2) is 34.1 Å². The molecule has 28 heavy (non-hydrogen) atoms. The van der Waals surface area contributed by atoms with Crippen LogP contribution in [0.2, 0.25) is 0 Å². The molecule has 0 fully saturated rings. The first-order valence-corrected chi connectivity index (χ1v) is 9.67. The fourth-order valence-corrected chi connectivity index (χ4v) is 3.63. The van der Waals surface area contributed by atoms with Gasteiger partial charge in [-0.2, -0.15) is 8.78 Å². The van der Waals surface area contributed by atoms with Crippen LogP contribution in [0.5, 0.6) is 11.5 Å². The number of nitrogens with one attached hydrogen (secondary N) is 2. The highest BCUT2D eigenvalue weighted by molar-refractivity contribution is 7.89. The molecule has 0 aliphatic rings. The lowest BCUT2D eigenvalue weighted by Crippen LogP contribution is -2.30. The largest absolute Gasteiger partial charge is 0.493 e. The van der Waals surface area contributed by atoms with Gasteiger partial charge < -0.3 is 14.8 Å². The molecule has 2 aromatic rings. The molecule has 0 aromatic heterocycles. The average Bonchev–Trinajstić information content (AvgIpc) is 2.60. The third-order valence-corrected chi connectivity index (χ3v) is 5.09. The summed E-state index contributed by atoms with van der Waals surface area (Å²) in [6.45, 7) is 0.295. The summed E-state index contributed by atoms with van der Waals surface area (Å²) in [5.74, 6) is -0.784. The van der Waals surface area contributed by atoms with Gasteiger partial charge in [0.2, 0.25) is 10.0 Å². The lowest BCUT2D eigenvalue weighted by Gasteiger charge is -2.13. The Bertz CT molecular complexity index is 949. The number of ether oxygens (including phenoxy) is 2. The van der Waals surface area contributed by atoms with Gasteiger partial charge in [0.15, 0.2) is 11.5 Å². The van der Waals surface area contributed by atoms with Gasteiger partial charge >= 0.3 is 6.61 Å². The summed E-state index contributed by atoms with van der Waals surface area (Å²) < 4.78 is 61.3. The Balaban J connectivity index is 2.25. The zero-order valence-electron chi connectivity index (χ0n) is 15.4. The highest BCUT2D eigenvalue weighted by atomic mass is 32.2. The van der Waals surface area contributed by atoms with Crippen molar-refractivity contribution in [2.75, 3.05) is 12.4 Å². The van der Waals surface area contributed by atoms with Gasteiger partial charge in [-0.15, -0.1) is 0 Å². The molecule has 7 nitrogen and oxygen atoms in total. The van der Waals surface area contributed by atoms with Crippen molar-refractivity contribution in [3.63, 3.8) is 0 Å². The van der Waals surface area contributed by atoms with E-state index in [2.05, 4.69) is 14.8 Å². The van der Waals surface area contributed by atoms with Crippen molar-refractivity contribution in [1.29, 1.82) is 0 Å². The van der Waals surface area contributed by atoms with Crippen molar-refractivity contribution in [2.24, 2.45) is 0 Å². The minimum absolute atomic E-state index is 0.0645. The predicted molar refractivity (Wildman–Crippen MR) is 99.5 cm³/mol. The lowest BCUT2D eigenvalue weighted by molar-refractivity contribution is -0.0511. The zero-order chi connectivity index (χ0) is 20.9. The Labute approximate surface area is 161 Å². The Morgan fingerprint density at radius 1 is 1.07 bits per heavy atom. The molecule has 1 amide bonds. The molecule has 2 N–H and O–H groups in total. The van der Waals surface area contributed by atoms with E-state index in [0.717, 1.165) is 0 Å². The van der Waals surface area contributed by atoms with E-state index in [4.69, 9.17) is 4.74 Å². The first-order chi connectivity index (χ1) is 13.1. The summed E-state index contributed by atoms with van der Waals surface area (Å²) >= 11 is 0. The van der Waals surface area contributed by atoms with Crippen molar-refractivity contribution in [1.82, 2.24) is 4.72 Å². The Kier molecular flexibility index (Phi) is 6.92. The third kappa shape index (κ3) is 5.64. The Morgan fingerprint density at radius 2 is 1.79 bits per heavy atom. The van der Waals surface area contributed by atoms with Gasteiger partial charge in [0.25, 0.3) is 5.91 Å². The summed E-state index contributed by atoms with van der Waals surface area (Å²) in [5, 5.41) is 2.51. The zero-order valence-corrected chi connectivity index (χ0v) is 16.2. The van der Waals surface area contributed by atoms with E-state index in [9.17, 15) is 22.0 Å². The molecule has 0 saturated heterocycles. The second kappa shape index (κ2) is 8.98. The molecule has 0 aliphatic carbocycles. The maximum absolute atomic E-state index is 12.5. The second-order valence-corrected chi connectivity index (χ2v) is 7.72. The van der Waals surface area contributed by atoms with Crippen molar-refractivity contribution < 1.29 is 31.5 Å². The van der Waals surface area contributed by atoms with Crippen molar-refractivity contribution >= 4 is 21.6 Å². The fourth-order valence-electron chi connectivity index (χ4n) is 2.33. The van der Waals surface area contributed by atoms with Crippen LogP contribution in [0.25, 0.3) is 0 Å². The summed E-state index contributed by atoms with van der Waals surface area (Å²) in [6.07, 6.45) is 0. The van der Waals surface area contributed by atoms with E-state index in [1.165, 1.54) is 49.6 Å². The van der Waals surface area contributed by atoms with Crippen LogP contribution in [0.15, 0.2) is 47.4 Å². The number of anilines is 1. The van der Waals surface area contributed by atoms with Gasteiger partial charge in [0.1, 0.15) is 0 Å². The molecule has 152 valence electrons. The number of amides is 1. The van der Waals surface area contributed by atoms with Gasteiger partial charge in [0, 0.05) is 23.4 Å². The van der Waals surface area contributed by atoms with Gasteiger partial charge in [-0.1, -0.05) is 6.07 Å². The Hall–Kier alpha value is -2.72. The molecule has 2 aromatic carbocycles. The topological polar surface area (TPSA) is 93.7 Å². The minimum Gasteiger partial charge on any atom is -0.493 e. The van der Waals surface area contributed by atoms with Crippen molar-refractivity contribution in [3.8, 4) is 11.5 Å². The number of hydrogen-bond donors (Lipinski definition) is 2. The molecule has 10 heteroatoms. The SMILES string of the molecule is COc1ccc(NC(=O)c2cccc(S(=O)(=O)NC(C)C)c2)cc1OC(F)F.